The summed E-state index contributed by atoms with van der Waals surface area (Å²) in [6.45, 7) is 5.63. The van der Waals surface area contributed by atoms with Gasteiger partial charge in [0.15, 0.2) is 5.76 Å². The van der Waals surface area contributed by atoms with Crippen molar-refractivity contribution in [3.63, 3.8) is 0 Å². The second-order valence-corrected chi connectivity index (χ2v) is 8.83. The van der Waals surface area contributed by atoms with E-state index in [1.165, 1.54) is 17.6 Å². The molecule has 1 atom stereocenters. The Balaban J connectivity index is 2.19. The van der Waals surface area contributed by atoms with E-state index in [-0.39, 0.29) is 11.5 Å². The van der Waals surface area contributed by atoms with Crippen LogP contribution in [-0.2, 0) is 4.79 Å². The Morgan fingerprint density at radius 2 is 1.81 bits per heavy atom. The number of carbonyl (C=O) groups excluding carboxylic acids is 1. The summed E-state index contributed by atoms with van der Waals surface area (Å²) < 4.78 is 5.22. The van der Waals surface area contributed by atoms with E-state index < -0.39 is 17.3 Å². The van der Waals surface area contributed by atoms with E-state index in [0.29, 0.717) is 15.5 Å². The molecule has 0 amide bonds. The maximum Gasteiger partial charge on any atom is 0.311 e. The van der Waals surface area contributed by atoms with E-state index in [4.69, 9.17) is 16.0 Å². The molecular weight excluding hydrogens is 384 g/mol. The number of thiophene rings is 1. The average Bonchev–Trinajstić information content (AvgIpc) is 3.23. The molecule has 3 aromatic rings. The van der Waals surface area contributed by atoms with Crippen molar-refractivity contribution in [2.45, 2.75) is 26.7 Å². The Kier molecular flexibility index (Phi) is 5.27. The zero-order chi connectivity index (χ0) is 19.8. The quantitative estimate of drug-likeness (QED) is 0.523. The second kappa shape index (κ2) is 7.33. The van der Waals surface area contributed by atoms with Gasteiger partial charge in [-0.2, -0.15) is 0 Å². The molecule has 0 aliphatic carbocycles. The normalized spacial score (nSPS) is 12.7. The lowest BCUT2D eigenvalue weighted by molar-refractivity contribution is -0.141. The van der Waals surface area contributed by atoms with Gasteiger partial charge >= 0.3 is 5.97 Å². The van der Waals surface area contributed by atoms with Crippen molar-refractivity contribution < 1.29 is 19.1 Å². The van der Waals surface area contributed by atoms with Crippen molar-refractivity contribution in [3.05, 3.63) is 70.0 Å². The van der Waals surface area contributed by atoms with Crippen LogP contribution in [0.4, 0.5) is 0 Å². The minimum Gasteiger partial charge on any atom is -0.481 e. The van der Waals surface area contributed by atoms with E-state index in [0.717, 1.165) is 10.4 Å². The Bertz CT molecular complexity index is 963. The van der Waals surface area contributed by atoms with Crippen molar-refractivity contribution in [1.29, 1.82) is 0 Å². The summed E-state index contributed by atoms with van der Waals surface area (Å²) in [6, 6.07) is 12.1. The van der Waals surface area contributed by atoms with Crippen LogP contribution in [0.15, 0.2) is 53.1 Å². The number of ketones is 1. The third-order valence-corrected chi connectivity index (χ3v) is 5.71. The molecule has 0 saturated heterocycles. The summed E-state index contributed by atoms with van der Waals surface area (Å²) in [5, 5.41) is 10.5. The molecule has 140 valence electrons. The number of carbonyl (C=O) groups is 2. The van der Waals surface area contributed by atoms with Gasteiger partial charge in [0, 0.05) is 9.90 Å². The van der Waals surface area contributed by atoms with Crippen LogP contribution < -0.4 is 0 Å². The van der Waals surface area contributed by atoms with Crippen molar-refractivity contribution in [2.24, 2.45) is 5.41 Å². The van der Waals surface area contributed by atoms with E-state index in [1.807, 2.05) is 32.9 Å². The zero-order valence-electron chi connectivity index (χ0n) is 15.2. The average molecular weight is 403 g/mol. The number of hydrogen-bond acceptors (Lipinski definition) is 4. The van der Waals surface area contributed by atoms with Crippen LogP contribution in [0.5, 0.6) is 0 Å². The van der Waals surface area contributed by atoms with Crippen LogP contribution in [-0.4, -0.2) is 16.9 Å². The molecule has 1 N–H and O–H groups in total. The van der Waals surface area contributed by atoms with Gasteiger partial charge in [0.2, 0.25) is 5.78 Å². The minimum atomic E-state index is -0.924. The van der Waals surface area contributed by atoms with Crippen molar-refractivity contribution in [2.75, 3.05) is 0 Å². The summed E-state index contributed by atoms with van der Waals surface area (Å²) >= 11 is 7.26. The van der Waals surface area contributed by atoms with E-state index >= 15 is 0 Å². The van der Waals surface area contributed by atoms with Crippen molar-refractivity contribution >= 4 is 34.7 Å². The highest BCUT2D eigenvalue weighted by Crippen LogP contribution is 2.44. The summed E-state index contributed by atoms with van der Waals surface area (Å²) in [5.41, 5.74) is 0.921. The smallest absolute Gasteiger partial charge is 0.311 e. The first-order valence-corrected chi connectivity index (χ1v) is 9.58. The second-order valence-electron chi connectivity index (χ2n) is 7.35. The molecule has 0 aliphatic rings. The lowest BCUT2D eigenvalue weighted by Crippen LogP contribution is -2.26. The molecule has 0 saturated carbocycles. The minimum absolute atomic E-state index is 0.230. The van der Waals surface area contributed by atoms with Gasteiger partial charge in [-0.05, 0) is 46.9 Å². The molecule has 1 unspecified atom stereocenters. The lowest BCUT2D eigenvalue weighted by atomic mass is 9.76. The molecule has 0 fully saturated rings. The summed E-state index contributed by atoms with van der Waals surface area (Å²) in [5.74, 6) is -1.72. The highest BCUT2D eigenvalue weighted by Gasteiger charge is 2.36. The fraction of sp³-hybridized carbons (Fsp3) is 0.238. The Labute approximate surface area is 166 Å². The summed E-state index contributed by atoms with van der Waals surface area (Å²) in [7, 11) is 0. The highest BCUT2D eigenvalue weighted by molar-refractivity contribution is 7.17. The molecule has 1 aromatic carbocycles. The number of carboxylic acids is 1. The SMILES string of the molecule is CC(C)(C)C(C(=O)O)c1cc(C(=O)c2ccco2)sc1-c1ccc(Cl)cc1. The summed E-state index contributed by atoms with van der Waals surface area (Å²) in [6.07, 6.45) is 1.44. The molecule has 3 rings (SSSR count). The standard InChI is InChI=1S/C21H19ClO4S/c1-21(2,3)17(20(24)25)14-11-16(18(23)15-5-4-10-26-15)27-19(14)12-6-8-13(22)9-7-12/h4-11,17H,1-3H3,(H,24,25). The molecule has 27 heavy (non-hydrogen) atoms. The predicted molar refractivity (Wildman–Crippen MR) is 107 cm³/mol. The molecule has 0 aliphatic heterocycles. The molecule has 0 spiro atoms. The molecule has 6 heteroatoms. The Morgan fingerprint density at radius 3 is 2.33 bits per heavy atom. The first-order chi connectivity index (χ1) is 12.7. The maximum absolute atomic E-state index is 12.7. The third-order valence-electron chi connectivity index (χ3n) is 4.26. The Hall–Kier alpha value is -2.37. The Morgan fingerprint density at radius 1 is 1.15 bits per heavy atom. The van der Waals surface area contributed by atoms with Gasteiger partial charge in [0.05, 0.1) is 17.1 Å². The van der Waals surface area contributed by atoms with Gasteiger partial charge in [-0.15, -0.1) is 11.3 Å². The van der Waals surface area contributed by atoms with Crippen LogP contribution in [0.3, 0.4) is 0 Å². The molecule has 0 radical (unpaired) electrons. The molecule has 4 nitrogen and oxygen atoms in total. The topological polar surface area (TPSA) is 67.5 Å². The monoisotopic (exact) mass is 402 g/mol. The molecule has 2 heterocycles. The summed E-state index contributed by atoms with van der Waals surface area (Å²) in [4.78, 5) is 26.0. The highest BCUT2D eigenvalue weighted by atomic mass is 35.5. The van der Waals surface area contributed by atoms with Gasteiger partial charge < -0.3 is 9.52 Å². The van der Waals surface area contributed by atoms with Gasteiger partial charge in [0.25, 0.3) is 0 Å². The number of benzene rings is 1. The molecule has 0 bridgehead atoms. The fourth-order valence-corrected chi connectivity index (χ4v) is 4.33. The number of halogens is 1. The number of aliphatic carboxylic acids is 1. The number of carboxylic acid groups (broad SMARTS) is 1. The number of furan rings is 1. The zero-order valence-corrected chi connectivity index (χ0v) is 16.7. The van der Waals surface area contributed by atoms with Gasteiger partial charge in [-0.3, -0.25) is 9.59 Å². The van der Waals surface area contributed by atoms with Gasteiger partial charge in [-0.1, -0.05) is 44.5 Å². The predicted octanol–water partition coefficient (Wildman–Crippen LogP) is 6.11. The van der Waals surface area contributed by atoms with Crippen LogP contribution in [0.1, 0.15) is 47.7 Å². The van der Waals surface area contributed by atoms with Crippen molar-refractivity contribution in [1.82, 2.24) is 0 Å². The number of rotatable bonds is 5. The van der Waals surface area contributed by atoms with Crippen LogP contribution in [0.2, 0.25) is 5.02 Å². The number of hydrogen-bond donors (Lipinski definition) is 1. The van der Waals surface area contributed by atoms with Crippen LogP contribution >= 0.6 is 22.9 Å². The molecule has 2 aromatic heterocycles. The molecular formula is C21H19ClO4S. The van der Waals surface area contributed by atoms with Crippen LogP contribution in [0, 0.1) is 5.41 Å². The van der Waals surface area contributed by atoms with Crippen LogP contribution in [0.25, 0.3) is 10.4 Å². The largest absolute Gasteiger partial charge is 0.481 e. The lowest BCUT2D eigenvalue weighted by Gasteiger charge is -2.27. The van der Waals surface area contributed by atoms with E-state index in [2.05, 4.69) is 0 Å². The maximum atomic E-state index is 12.7. The van der Waals surface area contributed by atoms with Crippen molar-refractivity contribution in [3.8, 4) is 10.4 Å². The first kappa shape index (κ1) is 19.4. The van der Waals surface area contributed by atoms with E-state index in [1.54, 1.807) is 30.3 Å². The first-order valence-electron chi connectivity index (χ1n) is 8.39. The fourth-order valence-electron chi connectivity index (χ4n) is 3.06. The van der Waals surface area contributed by atoms with E-state index in [9.17, 15) is 14.7 Å². The third kappa shape index (κ3) is 3.99. The van der Waals surface area contributed by atoms with Gasteiger partial charge in [-0.25, -0.2) is 0 Å². The van der Waals surface area contributed by atoms with Gasteiger partial charge in [0.1, 0.15) is 0 Å².